The Morgan fingerprint density at radius 3 is 2.50 bits per heavy atom. The number of hydrogen-bond donors (Lipinski definition) is 4. The number of likely N-dealkylation sites (N-methyl/N-ethyl adjacent to an activating group) is 1. The first-order chi connectivity index (χ1) is 22.4. The number of anilines is 5. The van der Waals surface area contributed by atoms with Crippen molar-refractivity contribution in [3.8, 4) is 0 Å². The van der Waals surface area contributed by atoms with E-state index in [1.165, 1.54) is 5.69 Å². The summed E-state index contributed by atoms with van der Waals surface area (Å²) in [6.07, 6.45) is 3.70. The van der Waals surface area contributed by atoms with Gasteiger partial charge in [-0.3, -0.25) is 4.98 Å². The molecule has 1 aliphatic heterocycles. The van der Waals surface area contributed by atoms with E-state index in [9.17, 15) is 0 Å². The number of nitrogens with zero attached hydrogens (tertiary/aromatic N) is 5. The summed E-state index contributed by atoms with van der Waals surface area (Å²) in [5.74, 6) is 1.06. The van der Waals surface area contributed by atoms with Gasteiger partial charge in [-0.2, -0.15) is 0 Å². The molecule has 2 aliphatic rings. The summed E-state index contributed by atoms with van der Waals surface area (Å²) < 4.78 is 0.968. The molecule has 0 amide bonds. The number of aromatic nitrogens is 3. The molecule has 7 rings (SSSR count). The smallest absolute Gasteiger partial charge is 0.151 e. The van der Waals surface area contributed by atoms with E-state index in [1.54, 1.807) is 17.7 Å². The molecule has 4 N–H and O–H groups in total. The van der Waals surface area contributed by atoms with E-state index >= 15 is 0 Å². The van der Waals surface area contributed by atoms with E-state index in [4.69, 9.17) is 5.41 Å². The van der Waals surface area contributed by atoms with Crippen molar-refractivity contribution in [1.29, 1.82) is 5.41 Å². The molecular formula is C36H39N9S. The molecule has 2 fully saturated rings. The van der Waals surface area contributed by atoms with Gasteiger partial charge in [-0.25, -0.2) is 9.97 Å². The third-order valence-electron chi connectivity index (χ3n) is 8.69. The second-order valence-electron chi connectivity index (χ2n) is 12.2. The zero-order chi connectivity index (χ0) is 31.6. The lowest BCUT2D eigenvalue weighted by molar-refractivity contribution is 0.313. The minimum atomic E-state index is 0.285. The zero-order valence-corrected chi connectivity index (χ0v) is 27.1. The van der Waals surface area contributed by atoms with Crippen molar-refractivity contribution in [2.24, 2.45) is 5.92 Å². The maximum absolute atomic E-state index is 9.05. The van der Waals surface area contributed by atoms with Crippen molar-refractivity contribution in [3.05, 3.63) is 101 Å². The van der Waals surface area contributed by atoms with Gasteiger partial charge in [-0.05, 0) is 75.3 Å². The van der Waals surface area contributed by atoms with Gasteiger partial charge in [0.2, 0.25) is 0 Å². The van der Waals surface area contributed by atoms with Gasteiger partial charge < -0.3 is 31.2 Å². The molecule has 10 heteroatoms. The molecule has 2 aromatic carbocycles. The third-order valence-corrected chi connectivity index (χ3v) is 9.66. The molecule has 0 unspecified atom stereocenters. The van der Waals surface area contributed by atoms with Crippen molar-refractivity contribution in [1.82, 2.24) is 19.9 Å². The number of rotatable bonds is 11. The summed E-state index contributed by atoms with van der Waals surface area (Å²) in [4.78, 5) is 18.7. The topological polar surface area (TPSA) is 105 Å². The van der Waals surface area contributed by atoms with Gasteiger partial charge >= 0.3 is 0 Å². The highest BCUT2D eigenvalue weighted by atomic mass is 32.1. The maximum Gasteiger partial charge on any atom is 0.151 e. The van der Waals surface area contributed by atoms with E-state index in [0.717, 1.165) is 100 Å². The number of thiophene rings is 1. The Hall–Kier alpha value is -4.80. The summed E-state index contributed by atoms with van der Waals surface area (Å²) in [5, 5.41) is 21.7. The predicted octanol–water partition coefficient (Wildman–Crippen LogP) is 7.36. The van der Waals surface area contributed by atoms with Gasteiger partial charge in [-0.1, -0.05) is 18.7 Å². The van der Waals surface area contributed by atoms with Crippen LogP contribution in [0.25, 0.3) is 15.9 Å². The molecule has 234 valence electrons. The highest BCUT2D eigenvalue weighted by Crippen LogP contribution is 2.39. The number of nitrogens with one attached hydrogen (secondary N) is 4. The Bertz CT molecular complexity index is 1890. The normalized spacial score (nSPS) is 15.1. The van der Waals surface area contributed by atoms with Crippen molar-refractivity contribution >= 4 is 61.5 Å². The molecular weight excluding hydrogens is 591 g/mol. The minimum absolute atomic E-state index is 0.285. The molecule has 4 heterocycles. The molecule has 0 bridgehead atoms. The first kappa shape index (κ1) is 29.9. The molecule has 0 atom stereocenters. The first-order valence-corrected chi connectivity index (χ1v) is 16.7. The van der Waals surface area contributed by atoms with Gasteiger partial charge in [0.1, 0.15) is 6.33 Å². The van der Waals surface area contributed by atoms with Gasteiger partial charge in [0, 0.05) is 88.5 Å². The van der Waals surface area contributed by atoms with Gasteiger partial charge in [0.05, 0.1) is 22.5 Å². The first-order valence-electron chi connectivity index (χ1n) is 15.8. The monoisotopic (exact) mass is 629 g/mol. The van der Waals surface area contributed by atoms with Crippen LogP contribution in [-0.2, 0) is 6.54 Å². The lowest BCUT2D eigenvalue weighted by Crippen LogP contribution is -2.44. The Balaban J connectivity index is 1.10. The van der Waals surface area contributed by atoms with Crippen LogP contribution >= 0.6 is 11.3 Å². The van der Waals surface area contributed by atoms with E-state index in [2.05, 4.69) is 84.0 Å². The standard InChI is InChI=1S/C36H39N9S/c1-23-6-4-7-27(41-23)20-38-30-8-5-9-31(32(30)33(37)25-10-11-25)42-24(2)29-21-46-35-34(29)39-22-40-36(35)43-26-12-14-28(15-13-26)45-18-16-44(3)17-19-45/h4-9,12-15,21-22,25,37-38,42H,2,10-11,16-20H2,1,3H3,(H,39,40,43). The third kappa shape index (κ3) is 6.45. The van der Waals surface area contributed by atoms with Gasteiger partial charge in [0.15, 0.2) is 5.82 Å². The van der Waals surface area contributed by atoms with Crippen molar-refractivity contribution in [2.75, 3.05) is 54.1 Å². The van der Waals surface area contributed by atoms with Crippen LogP contribution in [0.3, 0.4) is 0 Å². The molecule has 3 aromatic heterocycles. The van der Waals surface area contributed by atoms with Crippen LogP contribution in [0.2, 0.25) is 0 Å². The molecule has 46 heavy (non-hydrogen) atoms. The van der Waals surface area contributed by atoms with Crippen molar-refractivity contribution in [2.45, 2.75) is 26.3 Å². The van der Waals surface area contributed by atoms with E-state index in [-0.39, 0.29) is 5.92 Å². The van der Waals surface area contributed by atoms with Crippen LogP contribution in [0.1, 0.15) is 35.4 Å². The summed E-state index contributed by atoms with van der Waals surface area (Å²) >= 11 is 1.60. The van der Waals surface area contributed by atoms with Crippen molar-refractivity contribution < 1.29 is 0 Å². The fourth-order valence-electron chi connectivity index (χ4n) is 5.89. The summed E-state index contributed by atoms with van der Waals surface area (Å²) in [6, 6.07) is 20.7. The highest BCUT2D eigenvalue weighted by molar-refractivity contribution is 7.18. The van der Waals surface area contributed by atoms with E-state index in [0.29, 0.717) is 12.3 Å². The molecule has 5 aromatic rings. The fraction of sp³-hybridized carbons (Fsp3) is 0.278. The number of aryl methyl sites for hydroxylation is 1. The summed E-state index contributed by atoms with van der Waals surface area (Å²) in [5.41, 5.74) is 9.98. The summed E-state index contributed by atoms with van der Waals surface area (Å²) in [7, 11) is 2.18. The zero-order valence-electron chi connectivity index (χ0n) is 26.3. The Labute approximate surface area is 273 Å². The predicted molar refractivity (Wildman–Crippen MR) is 192 cm³/mol. The molecule has 0 spiro atoms. The van der Waals surface area contributed by atoms with Gasteiger partial charge in [-0.15, -0.1) is 11.3 Å². The number of hydrogen-bond acceptors (Lipinski definition) is 10. The van der Waals surface area contributed by atoms with Gasteiger partial charge in [0.25, 0.3) is 0 Å². The number of piperazine rings is 1. The highest BCUT2D eigenvalue weighted by Gasteiger charge is 2.30. The van der Waals surface area contributed by atoms with E-state index < -0.39 is 0 Å². The van der Waals surface area contributed by atoms with Crippen LogP contribution in [0.15, 0.2) is 78.9 Å². The largest absolute Gasteiger partial charge is 0.379 e. The lowest BCUT2D eigenvalue weighted by atomic mass is 10.0. The molecule has 1 aliphatic carbocycles. The Kier molecular flexibility index (Phi) is 8.38. The number of fused-ring (bicyclic) bond motifs is 1. The second-order valence-corrected chi connectivity index (χ2v) is 13.0. The van der Waals surface area contributed by atoms with Crippen LogP contribution < -0.4 is 20.9 Å². The van der Waals surface area contributed by atoms with E-state index in [1.807, 2.05) is 43.3 Å². The average Bonchev–Trinajstić information content (AvgIpc) is 3.83. The van der Waals surface area contributed by atoms with Crippen LogP contribution in [-0.4, -0.2) is 58.8 Å². The number of pyridine rings is 1. The molecule has 1 saturated heterocycles. The molecule has 0 radical (unpaired) electrons. The minimum Gasteiger partial charge on any atom is -0.379 e. The van der Waals surface area contributed by atoms with Crippen molar-refractivity contribution in [3.63, 3.8) is 0 Å². The average molecular weight is 630 g/mol. The summed E-state index contributed by atoms with van der Waals surface area (Å²) in [6.45, 7) is 11.2. The second kappa shape index (κ2) is 12.9. The number of benzene rings is 2. The quantitative estimate of drug-likeness (QED) is 0.112. The lowest BCUT2D eigenvalue weighted by Gasteiger charge is -2.34. The van der Waals surface area contributed by atoms with Crippen LogP contribution in [0.5, 0.6) is 0 Å². The SMILES string of the molecule is C=C(Nc1cccc(NCc2cccc(C)n2)c1C(=N)C1CC1)c1csc2c(Nc3ccc(N4CCN(C)CC4)cc3)ncnc12. The fourth-order valence-corrected chi connectivity index (χ4v) is 6.87. The Morgan fingerprint density at radius 2 is 1.74 bits per heavy atom. The molecule has 9 nitrogen and oxygen atoms in total. The van der Waals surface area contributed by atoms with Crippen LogP contribution in [0, 0.1) is 18.3 Å². The van der Waals surface area contributed by atoms with Crippen LogP contribution in [0.4, 0.5) is 28.6 Å². The Morgan fingerprint density at radius 1 is 0.978 bits per heavy atom. The molecule has 1 saturated carbocycles. The maximum atomic E-state index is 9.05.